The molecular formula is C9H16NO. The fourth-order valence-electron chi connectivity index (χ4n) is 0.864. The number of carbonyl (C=O) groups excluding carboxylic acids is 1. The zero-order valence-corrected chi connectivity index (χ0v) is 7.34. The monoisotopic (exact) mass is 154 g/mol. The number of nitrogens with zero attached hydrogens (tertiary/aromatic N) is 1. The van der Waals surface area contributed by atoms with Gasteiger partial charge in [0.15, 0.2) is 0 Å². The van der Waals surface area contributed by atoms with E-state index in [1.807, 2.05) is 6.42 Å². The lowest BCUT2D eigenvalue weighted by Gasteiger charge is -2.01. The molecule has 0 N–H and O–H groups in total. The highest BCUT2D eigenvalue weighted by atomic mass is 16.1. The molecule has 11 heavy (non-hydrogen) atoms. The molecule has 0 spiro atoms. The molecule has 0 aromatic carbocycles. The fourth-order valence-corrected chi connectivity index (χ4v) is 0.864. The molecule has 0 bridgehead atoms. The first-order valence-corrected chi connectivity index (χ1v) is 4.12. The fraction of sp³-hybridized carbons (Fsp3) is 0.778. The van der Waals surface area contributed by atoms with Crippen LogP contribution in [0.4, 0.5) is 0 Å². The van der Waals surface area contributed by atoms with Crippen molar-refractivity contribution in [2.75, 3.05) is 6.54 Å². The van der Waals surface area contributed by atoms with E-state index >= 15 is 0 Å². The maximum atomic E-state index is 9.63. The molecule has 2 heteroatoms. The molecule has 0 heterocycles. The molecule has 0 aliphatic carbocycles. The van der Waals surface area contributed by atoms with E-state index in [0.29, 0.717) is 6.54 Å². The lowest BCUT2D eigenvalue weighted by molar-refractivity contribution is 0.550. The van der Waals surface area contributed by atoms with Gasteiger partial charge in [-0.15, -0.1) is 0 Å². The molecule has 0 aliphatic heterocycles. The Labute approximate surface area is 68.7 Å². The third kappa shape index (κ3) is 9.38. The molecule has 2 nitrogen and oxygen atoms in total. The predicted octanol–water partition coefficient (Wildman–Crippen LogP) is 2.35. The molecule has 63 valence electrons. The Kier molecular flexibility index (Phi) is 7.06. The Bertz CT molecular complexity index is 126. The summed E-state index contributed by atoms with van der Waals surface area (Å²) in [5.41, 5.74) is 0. The third-order valence-electron chi connectivity index (χ3n) is 1.47. The number of hydrogen-bond donors (Lipinski definition) is 0. The standard InChI is InChI=1S/C9H16NO/c1-9(2)6-4-3-5-7-10-8-11/h5,9H,3-4,6-7H2,1-2H3. The lowest BCUT2D eigenvalue weighted by Crippen LogP contribution is -1.88. The third-order valence-corrected chi connectivity index (χ3v) is 1.47. The molecule has 0 saturated heterocycles. The van der Waals surface area contributed by atoms with Crippen LogP contribution < -0.4 is 0 Å². The maximum absolute atomic E-state index is 9.63. The minimum Gasteiger partial charge on any atom is -0.211 e. The summed E-state index contributed by atoms with van der Waals surface area (Å²) < 4.78 is 0. The summed E-state index contributed by atoms with van der Waals surface area (Å²) in [5, 5.41) is 0. The van der Waals surface area contributed by atoms with E-state index in [9.17, 15) is 4.79 Å². The summed E-state index contributed by atoms with van der Waals surface area (Å²) in [7, 11) is 0. The number of isocyanates is 1. The van der Waals surface area contributed by atoms with Crippen molar-refractivity contribution in [1.82, 2.24) is 0 Å². The Hall–Kier alpha value is -0.620. The molecule has 0 aliphatic rings. The van der Waals surface area contributed by atoms with Gasteiger partial charge in [0.2, 0.25) is 6.08 Å². The second-order valence-electron chi connectivity index (χ2n) is 3.05. The lowest BCUT2D eigenvalue weighted by atomic mass is 10.1. The van der Waals surface area contributed by atoms with Crippen molar-refractivity contribution >= 4 is 6.08 Å². The van der Waals surface area contributed by atoms with E-state index < -0.39 is 0 Å². The summed E-state index contributed by atoms with van der Waals surface area (Å²) in [6, 6.07) is 0. The highest BCUT2D eigenvalue weighted by Gasteiger charge is 1.93. The van der Waals surface area contributed by atoms with Crippen molar-refractivity contribution in [3.05, 3.63) is 6.42 Å². The topological polar surface area (TPSA) is 29.4 Å². The maximum Gasteiger partial charge on any atom is 0.234 e. The van der Waals surface area contributed by atoms with Crippen LogP contribution in [0.1, 0.15) is 33.1 Å². The minimum absolute atomic E-state index is 0.529. The van der Waals surface area contributed by atoms with Gasteiger partial charge >= 0.3 is 0 Å². The quantitative estimate of drug-likeness (QED) is 0.328. The van der Waals surface area contributed by atoms with Gasteiger partial charge in [-0.05, 0) is 18.8 Å². The van der Waals surface area contributed by atoms with Crippen molar-refractivity contribution in [3.63, 3.8) is 0 Å². The van der Waals surface area contributed by atoms with Crippen LogP contribution in [0.3, 0.4) is 0 Å². The molecule has 0 fully saturated rings. The van der Waals surface area contributed by atoms with Crippen molar-refractivity contribution in [1.29, 1.82) is 0 Å². The molecule has 0 amide bonds. The Morgan fingerprint density at radius 3 is 2.82 bits per heavy atom. The minimum atomic E-state index is 0.529. The van der Waals surface area contributed by atoms with Crippen molar-refractivity contribution in [3.8, 4) is 0 Å². The van der Waals surface area contributed by atoms with Crippen LogP contribution in [0.25, 0.3) is 0 Å². The normalized spacial score (nSPS) is 9.73. The average molecular weight is 154 g/mol. The molecule has 0 atom stereocenters. The van der Waals surface area contributed by atoms with Crippen LogP contribution in [0, 0.1) is 12.3 Å². The SMILES string of the molecule is CC(C)CCC[CH]CN=C=O. The van der Waals surface area contributed by atoms with E-state index in [4.69, 9.17) is 0 Å². The zero-order valence-electron chi connectivity index (χ0n) is 7.34. The first kappa shape index (κ1) is 10.4. The van der Waals surface area contributed by atoms with Crippen LogP contribution in [-0.4, -0.2) is 12.6 Å². The van der Waals surface area contributed by atoms with Crippen LogP contribution in [0.2, 0.25) is 0 Å². The van der Waals surface area contributed by atoms with E-state index in [1.54, 1.807) is 0 Å². The summed E-state index contributed by atoms with van der Waals surface area (Å²) in [6.07, 6.45) is 7.04. The molecular weight excluding hydrogens is 138 g/mol. The summed E-state index contributed by atoms with van der Waals surface area (Å²) in [5.74, 6) is 0.776. The Morgan fingerprint density at radius 1 is 1.55 bits per heavy atom. The van der Waals surface area contributed by atoms with Gasteiger partial charge < -0.3 is 0 Å². The van der Waals surface area contributed by atoms with Crippen molar-refractivity contribution in [2.45, 2.75) is 33.1 Å². The number of aliphatic imine (C=N–C) groups is 1. The Morgan fingerprint density at radius 2 is 2.27 bits per heavy atom. The van der Waals surface area contributed by atoms with Crippen LogP contribution in [0.5, 0.6) is 0 Å². The number of hydrogen-bond acceptors (Lipinski definition) is 2. The van der Waals surface area contributed by atoms with E-state index in [2.05, 4.69) is 18.8 Å². The highest BCUT2D eigenvalue weighted by molar-refractivity contribution is 5.32. The highest BCUT2D eigenvalue weighted by Crippen LogP contribution is 2.06. The second-order valence-corrected chi connectivity index (χ2v) is 3.05. The van der Waals surface area contributed by atoms with Crippen LogP contribution in [-0.2, 0) is 4.79 Å². The van der Waals surface area contributed by atoms with Gasteiger partial charge in [0.1, 0.15) is 0 Å². The number of unbranched alkanes of at least 4 members (excludes halogenated alkanes) is 2. The van der Waals surface area contributed by atoms with Gasteiger partial charge in [-0.3, -0.25) is 0 Å². The van der Waals surface area contributed by atoms with E-state index in [0.717, 1.165) is 12.3 Å². The molecule has 0 saturated carbocycles. The second kappa shape index (κ2) is 7.49. The van der Waals surface area contributed by atoms with Crippen LogP contribution >= 0.6 is 0 Å². The van der Waals surface area contributed by atoms with Gasteiger partial charge in [-0.1, -0.05) is 26.7 Å². The molecule has 0 aromatic heterocycles. The largest absolute Gasteiger partial charge is 0.234 e. The van der Waals surface area contributed by atoms with Crippen molar-refractivity contribution < 1.29 is 4.79 Å². The van der Waals surface area contributed by atoms with Gasteiger partial charge in [-0.25, -0.2) is 9.79 Å². The zero-order chi connectivity index (χ0) is 8.53. The van der Waals surface area contributed by atoms with Crippen LogP contribution in [0.15, 0.2) is 4.99 Å². The average Bonchev–Trinajstić information content (AvgIpc) is 1.96. The Balaban J connectivity index is 2.96. The van der Waals surface area contributed by atoms with Gasteiger partial charge in [0.05, 0.1) is 6.54 Å². The number of rotatable bonds is 6. The first-order valence-electron chi connectivity index (χ1n) is 4.12. The molecule has 0 aromatic rings. The molecule has 0 unspecified atom stereocenters. The first-order chi connectivity index (χ1) is 5.27. The van der Waals surface area contributed by atoms with Crippen molar-refractivity contribution in [2.24, 2.45) is 10.9 Å². The van der Waals surface area contributed by atoms with Gasteiger partial charge in [0, 0.05) is 0 Å². The molecule has 0 rings (SSSR count). The van der Waals surface area contributed by atoms with Gasteiger partial charge in [0.25, 0.3) is 0 Å². The smallest absolute Gasteiger partial charge is 0.211 e. The summed E-state index contributed by atoms with van der Waals surface area (Å²) in [4.78, 5) is 13.1. The predicted molar refractivity (Wildman–Crippen MR) is 46.0 cm³/mol. The summed E-state index contributed by atoms with van der Waals surface area (Å²) in [6.45, 7) is 4.95. The van der Waals surface area contributed by atoms with E-state index in [-0.39, 0.29) is 0 Å². The van der Waals surface area contributed by atoms with E-state index in [1.165, 1.54) is 18.9 Å². The molecule has 1 radical (unpaired) electrons. The van der Waals surface area contributed by atoms with Gasteiger partial charge in [-0.2, -0.15) is 0 Å². The summed E-state index contributed by atoms with van der Waals surface area (Å²) >= 11 is 0.